The highest BCUT2D eigenvalue weighted by Crippen LogP contribution is 2.42. The Morgan fingerprint density at radius 3 is 1.85 bits per heavy atom. The van der Waals surface area contributed by atoms with Crippen molar-refractivity contribution in [1.29, 1.82) is 0 Å². The van der Waals surface area contributed by atoms with E-state index in [9.17, 15) is 0 Å². The largest absolute Gasteiger partial charge is 0.223 e. The van der Waals surface area contributed by atoms with Crippen LogP contribution in [0.15, 0.2) is 103 Å². The first-order chi connectivity index (χ1) is 15.8. The summed E-state index contributed by atoms with van der Waals surface area (Å²) < 4.78 is 36.3. The quantitative estimate of drug-likeness (QED) is 0.371. The van der Waals surface area contributed by atoms with Crippen molar-refractivity contribution in [3.63, 3.8) is 0 Å². The van der Waals surface area contributed by atoms with E-state index < -0.39 is 10.2 Å². The van der Waals surface area contributed by atoms with Crippen molar-refractivity contribution in [2.45, 2.75) is 0 Å². The lowest BCUT2D eigenvalue weighted by Gasteiger charge is -2.17. The zero-order valence-electron chi connectivity index (χ0n) is 17.7. The van der Waals surface area contributed by atoms with Crippen molar-refractivity contribution >= 4 is 22.2 Å². The maximum atomic E-state index is 8.49. The number of aromatic nitrogens is 1. The fourth-order valence-electron chi connectivity index (χ4n) is 3.73. The molecule has 0 saturated carbocycles. The predicted molar refractivity (Wildman–Crippen MR) is 119 cm³/mol. The standard InChI is InChI=1S/C26H20NS.ClHO4/c1-27-23-15-9-8-12-20(23)16-17-24(27)26-22(19-10-4-2-5-11-19)18-25(28-26)21-13-6-3-7-14-21;2-1(3,4)5/h2-18H,1H3;(H,2,3,4,5)/q+1;/p-1. The Morgan fingerprint density at radius 2 is 1.21 bits per heavy atom. The zero-order chi connectivity index (χ0) is 23.4. The van der Waals surface area contributed by atoms with Gasteiger partial charge in [-0.25, -0.2) is 18.6 Å². The molecule has 5 nitrogen and oxygen atoms in total. The van der Waals surface area contributed by atoms with Crippen LogP contribution in [0, 0.1) is 10.2 Å². The third kappa shape index (κ3) is 5.64. The Labute approximate surface area is 197 Å². The molecular weight excluding hydrogens is 458 g/mol. The molecule has 33 heavy (non-hydrogen) atoms. The second-order valence-electron chi connectivity index (χ2n) is 7.30. The van der Waals surface area contributed by atoms with E-state index in [-0.39, 0.29) is 0 Å². The molecule has 0 radical (unpaired) electrons. The van der Waals surface area contributed by atoms with Crippen LogP contribution in [0.25, 0.3) is 43.0 Å². The number of para-hydroxylation sites is 1. The van der Waals surface area contributed by atoms with E-state index in [4.69, 9.17) is 18.6 Å². The van der Waals surface area contributed by atoms with Gasteiger partial charge >= 0.3 is 0 Å². The van der Waals surface area contributed by atoms with Gasteiger partial charge in [0.2, 0.25) is 11.2 Å². The summed E-state index contributed by atoms with van der Waals surface area (Å²) in [6.07, 6.45) is 0. The Balaban J connectivity index is 0.000000471. The number of hydrogen-bond donors (Lipinski definition) is 0. The molecule has 5 aromatic rings. The minimum atomic E-state index is -4.94. The van der Waals surface area contributed by atoms with Crippen LogP contribution in [0.5, 0.6) is 0 Å². The summed E-state index contributed by atoms with van der Waals surface area (Å²) in [6, 6.07) is 36.7. The van der Waals surface area contributed by atoms with Gasteiger partial charge < -0.3 is 0 Å². The van der Waals surface area contributed by atoms with Crippen LogP contribution in [0.1, 0.15) is 0 Å². The van der Waals surface area contributed by atoms with Crippen LogP contribution < -0.4 is 23.2 Å². The summed E-state index contributed by atoms with van der Waals surface area (Å²) in [5, 5.41) is 1.26. The molecule has 0 bridgehead atoms. The van der Waals surface area contributed by atoms with Gasteiger partial charge in [-0.2, -0.15) is 4.57 Å². The van der Waals surface area contributed by atoms with Crippen LogP contribution in [-0.4, -0.2) is 0 Å². The lowest BCUT2D eigenvalue weighted by atomic mass is 10.0. The zero-order valence-corrected chi connectivity index (χ0v) is 19.3. The topological polar surface area (TPSA) is 96.1 Å². The third-order valence-corrected chi connectivity index (χ3v) is 6.39. The summed E-state index contributed by atoms with van der Waals surface area (Å²) in [5.74, 6) is 0. The van der Waals surface area contributed by atoms with E-state index in [1.165, 1.54) is 43.0 Å². The number of hydrogen-bond acceptors (Lipinski definition) is 5. The number of benzene rings is 3. The second-order valence-corrected chi connectivity index (χ2v) is 9.11. The van der Waals surface area contributed by atoms with Crippen molar-refractivity contribution < 1.29 is 33.4 Å². The van der Waals surface area contributed by atoms with Crippen LogP contribution in [0.2, 0.25) is 0 Å². The van der Waals surface area contributed by atoms with Crippen LogP contribution in [-0.2, 0) is 7.05 Å². The minimum absolute atomic E-state index is 1.24. The molecule has 3 aromatic carbocycles. The van der Waals surface area contributed by atoms with Gasteiger partial charge in [-0.15, -0.1) is 21.6 Å². The maximum Gasteiger partial charge on any atom is 0.223 e. The normalized spacial score (nSPS) is 11.2. The van der Waals surface area contributed by atoms with Gasteiger partial charge in [0.1, 0.15) is 11.9 Å². The maximum absolute atomic E-state index is 8.49. The molecule has 0 aliphatic rings. The summed E-state index contributed by atoms with van der Waals surface area (Å²) in [6.45, 7) is 0. The first kappa shape index (κ1) is 23.1. The molecule has 0 fully saturated rings. The summed E-state index contributed by atoms with van der Waals surface area (Å²) in [4.78, 5) is 2.60. The van der Waals surface area contributed by atoms with Gasteiger partial charge in [-0.3, -0.25) is 0 Å². The van der Waals surface area contributed by atoms with Crippen LogP contribution in [0.3, 0.4) is 0 Å². The molecular formula is C26H20ClNO4S. The van der Waals surface area contributed by atoms with Crippen molar-refractivity contribution in [2.24, 2.45) is 7.05 Å². The Kier molecular flexibility index (Phi) is 6.85. The van der Waals surface area contributed by atoms with Gasteiger partial charge in [0.15, 0.2) is 0 Å². The lowest BCUT2D eigenvalue weighted by molar-refractivity contribution is -2.00. The van der Waals surface area contributed by atoms with Gasteiger partial charge in [-0.05, 0) is 29.3 Å². The van der Waals surface area contributed by atoms with E-state index >= 15 is 0 Å². The van der Waals surface area contributed by atoms with E-state index in [1.807, 2.05) is 11.3 Å². The molecule has 0 saturated heterocycles. The van der Waals surface area contributed by atoms with Crippen molar-refractivity contribution in [3.8, 4) is 32.1 Å². The first-order valence-corrected chi connectivity index (χ1v) is 12.1. The van der Waals surface area contributed by atoms with E-state index in [1.54, 1.807) is 0 Å². The SMILES string of the molecule is C[n+]1c(-c2sc(-c3ccccc3)cc2-c2ccccc2)ccc2ccccc21.[O-][Cl+3]([O-])([O-])[O-]. The molecule has 0 aliphatic carbocycles. The smallest absolute Gasteiger partial charge is 0.222 e. The number of nitrogens with zero attached hydrogens (tertiary/aromatic N) is 1. The van der Waals surface area contributed by atoms with Crippen molar-refractivity contribution in [3.05, 3.63) is 103 Å². The molecule has 2 aromatic heterocycles. The minimum Gasteiger partial charge on any atom is -0.222 e. The molecule has 0 amide bonds. The molecule has 7 heteroatoms. The molecule has 0 spiro atoms. The second kappa shape index (κ2) is 9.80. The highest BCUT2D eigenvalue weighted by atomic mass is 35.7. The number of thiophene rings is 1. The fourth-order valence-corrected chi connectivity index (χ4v) is 4.98. The molecule has 0 aliphatic heterocycles. The molecule has 2 heterocycles. The average molecular weight is 478 g/mol. The van der Waals surface area contributed by atoms with E-state index in [0.717, 1.165) is 0 Å². The van der Waals surface area contributed by atoms with Gasteiger partial charge in [0, 0.05) is 28.0 Å². The number of pyridine rings is 1. The molecule has 0 atom stereocenters. The predicted octanol–water partition coefficient (Wildman–Crippen LogP) is 1.97. The number of aryl methyl sites for hydroxylation is 1. The highest BCUT2D eigenvalue weighted by Gasteiger charge is 2.21. The lowest BCUT2D eigenvalue weighted by Crippen LogP contribution is -2.68. The molecule has 166 valence electrons. The van der Waals surface area contributed by atoms with Crippen LogP contribution >= 0.6 is 11.3 Å². The van der Waals surface area contributed by atoms with E-state index in [0.29, 0.717) is 0 Å². The molecule has 0 unspecified atom stereocenters. The summed E-state index contributed by atoms with van der Waals surface area (Å²) in [7, 11) is -2.78. The van der Waals surface area contributed by atoms with E-state index in [2.05, 4.69) is 115 Å². The summed E-state index contributed by atoms with van der Waals surface area (Å²) in [5.41, 5.74) is 6.29. The Bertz CT molecular complexity index is 1360. The Hall–Kier alpha value is -3.10. The van der Waals surface area contributed by atoms with Gasteiger partial charge in [0.25, 0.3) is 0 Å². The first-order valence-electron chi connectivity index (χ1n) is 10.1. The average Bonchev–Trinajstić information content (AvgIpc) is 3.25. The van der Waals surface area contributed by atoms with Gasteiger partial charge in [0.05, 0.1) is 0 Å². The highest BCUT2D eigenvalue weighted by molar-refractivity contribution is 7.19. The third-order valence-electron chi connectivity index (χ3n) is 5.19. The Morgan fingerprint density at radius 1 is 0.667 bits per heavy atom. The van der Waals surface area contributed by atoms with Crippen molar-refractivity contribution in [1.82, 2.24) is 0 Å². The number of halogens is 1. The van der Waals surface area contributed by atoms with Crippen molar-refractivity contribution in [2.75, 3.05) is 0 Å². The molecule has 5 rings (SSSR count). The van der Waals surface area contributed by atoms with Gasteiger partial charge in [-0.1, -0.05) is 72.8 Å². The fraction of sp³-hybridized carbons (Fsp3) is 0.0385. The number of rotatable bonds is 3. The monoisotopic (exact) mass is 477 g/mol. The van der Waals surface area contributed by atoms with Crippen LogP contribution in [0.4, 0.5) is 0 Å². The summed E-state index contributed by atoms with van der Waals surface area (Å²) >= 11 is 1.86. The number of fused-ring (bicyclic) bond motifs is 1. The molecule has 0 N–H and O–H groups in total.